The van der Waals surface area contributed by atoms with Gasteiger partial charge in [-0.25, -0.2) is 4.79 Å². The molecule has 0 aliphatic carbocycles. The lowest BCUT2D eigenvalue weighted by atomic mass is 10.2. The van der Waals surface area contributed by atoms with E-state index in [0.29, 0.717) is 24.6 Å². The maximum absolute atomic E-state index is 12.4. The first-order valence-electron chi connectivity index (χ1n) is 9.38. The Labute approximate surface area is 164 Å². The lowest BCUT2D eigenvalue weighted by molar-refractivity contribution is 0.149. The second-order valence-corrected chi connectivity index (χ2v) is 6.56. The molecule has 1 aliphatic heterocycles. The SMILES string of the molecule is O=C(Oc1ccc(Oc2ccccc2)cc1)N1CCN(c2ccccc2)CC1. The summed E-state index contributed by atoms with van der Waals surface area (Å²) in [7, 11) is 0. The first-order chi connectivity index (χ1) is 13.8. The van der Waals surface area contributed by atoms with Gasteiger partial charge in [-0.3, -0.25) is 0 Å². The van der Waals surface area contributed by atoms with Gasteiger partial charge >= 0.3 is 6.09 Å². The molecule has 3 aromatic carbocycles. The number of piperazine rings is 1. The number of benzene rings is 3. The van der Waals surface area contributed by atoms with Crippen LogP contribution >= 0.6 is 0 Å². The zero-order valence-electron chi connectivity index (χ0n) is 15.5. The highest BCUT2D eigenvalue weighted by atomic mass is 16.6. The Hall–Kier alpha value is -3.47. The third kappa shape index (κ3) is 4.43. The van der Waals surface area contributed by atoms with Crippen molar-refractivity contribution in [2.75, 3.05) is 31.1 Å². The Morgan fingerprint density at radius 1 is 0.643 bits per heavy atom. The van der Waals surface area contributed by atoms with E-state index in [2.05, 4.69) is 17.0 Å². The van der Waals surface area contributed by atoms with Crippen molar-refractivity contribution in [3.8, 4) is 17.2 Å². The number of ether oxygens (including phenoxy) is 2. The van der Waals surface area contributed by atoms with Crippen molar-refractivity contribution in [2.45, 2.75) is 0 Å². The molecular formula is C23H22N2O3. The fourth-order valence-corrected chi connectivity index (χ4v) is 3.15. The largest absolute Gasteiger partial charge is 0.457 e. The molecule has 4 rings (SSSR count). The van der Waals surface area contributed by atoms with Crippen molar-refractivity contribution >= 4 is 11.8 Å². The minimum atomic E-state index is -0.315. The summed E-state index contributed by atoms with van der Waals surface area (Å²) in [5, 5.41) is 0. The van der Waals surface area contributed by atoms with E-state index >= 15 is 0 Å². The highest BCUT2D eigenvalue weighted by Gasteiger charge is 2.22. The normalized spacial score (nSPS) is 13.9. The summed E-state index contributed by atoms with van der Waals surface area (Å²) in [4.78, 5) is 16.5. The van der Waals surface area contributed by atoms with Gasteiger partial charge in [-0.2, -0.15) is 0 Å². The van der Waals surface area contributed by atoms with Crippen molar-refractivity contribution in [1.29, 1.82) is 0 Å². The van der Waals surface area contributed by atoms with E-state index in [4.69, 9.17) is 9.47 Å². The molecule has 0 atom stereocenters. The molecule has 0 radical (unpaired) electrons. The smallest absolute Gasteiger partial charge is 0.415 e. The Balaban J connectivity index is 1.29. The summed E-state index contributed by atoms with van der Waals surface area (Å²) in [5.41, 5.74) is 1.18. The summed E-state index contributed by atoms with van der Waals surface area (Å²) in [6.45, 7) is 2.87. The van der Waals surface area contributed by atoms with Crippen LogP contribution in [-0.4, -0.2) is 37.2 Å². The lowest BCUT2D eigenvalue weighted by Gasteiger charge is -2.35. The number of amides is 1. The summed E-state index contributed by atoms with van der Waals surface area (Å²) in [6, 6.07) is 26.9. The Morgan fingerprint density at radius 3 is 1.82 bits per heavy atom. The van der Waals surface area contributed by atoms with Gasteiger partial charge in [-0.05, 0) is 48.5 Å². The van der Waals surface area contributed by atoms with E-state index in [1.165, 1.54) is 5.69 Å². The molecule has 0 N–H and O–H groups in total. The second kappa shape index (κ2) is 8.48. The first kappa shape index (κ1) is 17.9. The van der Waals surface area contributed by atoms with Crippen LogP contribution in [0.5, 0.6) is 17.2 Å². The molecule has 0 aromatic heterocycles. The van der Waals surface area contributed by atoms with Crippen LogP contribution in [0.3, 0.4) is 0 Å². The molecule has 1 fully saturated rings. The number of hydrogen-bond acceptors (Lipinski definition) is 4. The summed E-state index contributed by atoms with van der Waals surface area (Å²) < 4.78 is 11.3. The molecule has 3 aromatic rings. The molecule has 1 heterocycles. The average Bonchev–Trinajstić information content (AvgIpc) is 2.76. The number of anilines is 1. The van der Waals surface area contributed by atoms with Crippen LogP contribution in [0.1, 0.15) is 0 Å². The summed E-state index contributed by atoms with van der Waals surface area (Å²) in [6.07, 6.45) is -0.315. The molecule has 0 saturated carbocycles. The fraction of sp³-hybridized carbons (Fsp3) is 0.174. The highest BCUT2D eigenvalue weighted by molar-refractivity contribution is 5.71. The van der Waals surface area contributed by atoms with Gasteiger partial charge in [0, 0.05) is 31.9 Å². The van der Waals surface area contributed by atoms with E-state index in [1.807, 2.05) is 48.5 Å². The van der Waals surface area contributed by atoms with E-state index in [1.54, 1.807) is 29.2 Å². The number of carbonyl (C=O) groups is 1. The van der Waals surface area contributed by atoms with Crippen molar-refractivity contribution in [2.24, 2.45) is 0 Å². The minimum absolute atomic E-state index is 0.315. The van der Waals surface area contributed by atoms with Crippen LogP contribution in [0.25, 0.3) is 0 Å². The predicted molar refractivity (Wildman–Crippen MR) is 109 cm³/mol. The quantitative estimate of drug-likeness (QED) is 0.658. The highest BCUT2D eigenvalue weighted by Crippen LogP contribution is 2.24. The maximum atomic E-state index is 12.4. The van der Waals surface area contributed by atoms with Crippen LogP contribution < -0.4 is 14.4 Å². The van der Waals surface area contributed by atoms with Gasteiger partial charge < -0.3 is 19.3 Å². The maximum Gasteiger partial charge on any atom is 0.415 e. The van der Waals surface area contributed by atoms with Crippen LogP contribution in [-0.2, 0) is 0 Å². The fourth-order valence-electron chi connectivity index (χ4n) is 3.15. The Morgan fingerprint density at radius 2 is 1.18 bits per heavy atom. The van der Waals surface area contributed by atoms with Gasteiger partial charge in [0.1, 0.15) is 17.2 Å². The van der Waals surface area contributed by atoms with E-state index < -0.39 is 0 Å². The number of para-hydroxylation sites is 2. The van der Waals surface area contributed by atoms with Crippen LogP contribution in [0.15, 0.2) is 84.9 Å². The zero-order chi connectivity index (χ0) is 19.2. The molecule has 5 nitrogen and oxygen atoms in total. The number of rotatable bonds is 4. The van der Waals surface area contributed by atoms with Gasteiger partial charge in [-0.15, -0.1) is 0 Å². The molecule has 0 unspecified atom stereocenters. The molecule has 0 spiro atoms. The number of hydrogen-bond donors (Lipinski definition) is 0. The molecule has 0 bridgehead atoms. The van der Waals surface area contributed by atoms with Crippen molar-refractivity contribution in [3.05, 3.63) is 84.9 Å². The van der Waals surface area contributed by atoms with E-state index in [9.17, 15) is 4.79 Å². The van der Waals surface area contributed by atoms with Crippen molar-refractivity contribution in [1.82, 2.24) is 4.90 Å². The summed E-state index contributed by atoms with van der Waals surface area (Å²) >= 11 is 0. The molecule has 1 aliphatic rings. The first-order valence-corrected chi connectivity index (χ1v) is 9.38. The third-order valence-corrected chi connectivity index (χ3v) is 4.67. The van der Waals surface area contributed by atoms with E-state index in [0.717, 1.165) is 18.8 Å². The zero-order valence-corrected chi connectivity index (χ0v) is 15.5. The molecule has 142 valence electrons. The van der Waals surface area contributed by atoms with Gasteiger partial charge in [0.05, 0.1) is 0 Å². The number of nitrogens with zero attached hydrogens (tertiary/aromatic N) is 2. The monoisotopic (exact) mass is 374 g/mol. The van der Waals surface area contributed by atoms with Crippen molar-refractivity contribution < 1.29 is 14.3 Å². The Bertz CT molecular complexity index is 890. The molecule has 1 amide bonds. The van der Waals surface area contributed by atoms with Gasteiger partial charge in [0.25, 0.3) is 0 Å². The predicted octanol–water partition coefficient (Wildman–Crippen LogP) is 4.80. The second-order valence-electron chi connectivity index (χ2n) is 6.56. The van der Waals surface area contributed by atoms with Crippen LogP contribution in [0.2, 0.25) is 0 Å². The molecule has 1 saturated heterocycles. The molecular weight excluding hydrogens is 352 g/mol. The topological polar surface area (TPSA) is 42.0 Å². The van der Waals surface area contributed by atoms with Crippen LogP contribution in [0.4, 0.5) is 10.5 Å². The van der Waals surface area contributed by atoms with Crippen molar-refractivity contribution in [3.63, 3.8) is 0 Å². The number of carbonyl (C=O) groups excluding carboxylic acids is 1. The lowest BCUT2D eigenvalue weighted by Crippen LogP contribution is -2.49. The average molecular weight is 374 g/mol. The third-order valence-electron chi connectivity index (χ3n) is 4.67. The van der Waals surface area contributed by atoms with Gasteiger partial charge in [-0.1, -0.05) is 36.4 Å². The Kier molecular flexibility index (Phi) is 5.43. The molecule has 28 heavy (non-hydrogen) atoms. The standard InChI is InChI=1S/C23H22N2O3/c26-23(25-17-15-24(16-18-25)19-7-3-1-4-8-19)28-22-13-11-21(12-14-22)27-20-9-5-2-6-10-20/h1-14H,15-18H2. The minimum Gasteiger partial charge on any atom is -0.457 e. The summed E-state index contributed by atoms with van der Waals surface area (Å²) in [5.74, 6) is 1.97. The van der Waals surface area contributed by atoms with Gasteiger partial charge in [0.15, 0.2) is 0 Å². The van der Waals surface area contributed by atoms with E-state index in [-0.39, 0.29) is 6.09 Å². The van der Waals surface area contributed by atoms with Gasteiger partial charge in [0.2, 0.25) is 0 Å². The molecule has 5 heteroatoms. The van der Waals surface area contributed by atoms with Crippen LogP contribution in [0, 0.1) is 0 Å².